The highest BCUT2D eigenvalue weighted by atomic mass is 79.9. The summed E-state index contributed by atoms with van der Waals surface area (Å²) in [5.74, 6) is 1.05. The standard InChI is InChI=1S/C19H18BrFN2O2S/c1-2-24-17-9-14(11-23-19-22-7-8-26-19)16(20)10-18(17)25-12-13-3-5-15(21)6-4-13/h3-10H,2,11-12H2,1H3,(H,22,23). The Hall–Kier alpha value is -2.12. The molecule has 26 heavy (non-hydrogen) atoms. The Balaban J connectivity index is 1.73. The monoisotopic (exact) mass is 436 g/mol. The lowest BCUT2D eigenvalue weighted by molar-refractivity contribution is 0.269. The van der Waals surface area contributed by atoms with Gasteiger partial charge < -0.3 is 14.8 Å². The maximum atomic E-state index is 13.0. The Morgan fingerprint density at radius 1 is 1.15 bits per heavy atom. The van der Waals surface area contributed by atoms with Crippen LogP contribution in [-0.4, -0.2) is 11.6 Å². The van der Waals surface area contributed by atoms with Crippen LogP contribution in [0, 0.1) is 5.82 Å². The number of halogens is 2. The highest BCUT2D eigenvalue weighted by Crippen LogP contribution is 2.35. The third kappa shape index (κ3) is 4.95. The minimum Gasteiger partial charge on any atom is -0.490 e. The molecule has 2 aromatic carbocycles. The van der Waals surface area contributed by atoms with Crippen molar-refractivity contribution in [1.29, 1.82) is 0 Å². The van der Waals surface area contributed by atoms with Crippen LogP contribution in [0.2, 0.25) is 0 Å². The fraction of sp³-hybridized carbons (Fsp3) is 0.211. The molecule has 0 saturated carbocycles. The third-order valence-corrected chi connectivity index (χ3v) is 5.05. The van der Waals surface area contributed by atoms with Gasteiger partial charge in [0.2, 0.25) is 0 Å². The molecule has 0 fully saturated rings. The zero-order chi connectivity index (χ0) is 18.4. The molecule has 0 aliphatic heterocycles. The minimum absolute atomic E-state index is 0.261. The van der Waals surface area contributed by atoms with Crippen LogP contribution >= 0.6 is 27.3 Å². The van der Waals surface area contributed by atoms with Crippen molar-refractivity contribution in [3.05, 3.63) is 69.4 Å². The van der Waals surface area contributed by atoms with E-state index in [1.165, 1.54) is 12.1 Å². The molecule has 0 saturated heterocycles. The SMILES string of the molecule is CCOc1cc(CNc2nccs2)c(Br)cc1OCc1ccc(F)cc1. The fourth-order valence-corrected chi connectivity index (χ4v) is 3.31. The number of nitrogens with one attached hydrogen (secondary N) is 1. The molecule has 0 bridgehead atoms. The maximum absolute atomic E-state index is 13.0. The highest BCUT2D eigenvalue weighted by molar-refractivity contribution is 9.10. The van der Waals surface area contributed by atoms with E-state index in [9.17, 15) is 4.39 Å². The molecule has 136 valence electrons. The largest absolute Gasteiger partial charge is 0.490 e. The smallest absolute Gasteiger partial charge is 0.182 e. The molecule has 0 aliphatic carbocycles. The first-order valence-corrected chi connectivity index (χ1v) is 9.79. The van der Waals surface area contributed by atoms with Gasteiger partial charge >= 0.3 is 0 Å². The lowest BCUT2D eigenvalue weighted by Crippen LogP contribution is -2.04. The summed E-state index contributed by atoms with van der Waals surface area (Å²) in [5.41, 5.74) is 1.93. The van der Waals surface area contributed by atoms with Crippen LogP contribution in [0.1, 0.15) is 18.1 Å². The Kier molecular flexibility index (Phi) is 6.46. The molecule has 0 atom stereocenters. The number of hydrogen-bond donors (Lipinski definition) is 1. The lowest BCUT2D eigenvalue weighted by atomic mass is 10.2. The van der Waals surface area contributed by atoms with Crippen molar-refractivity contribution in [3.63, 3.8) is 0 Å². The number of nitrogens with zero attached hydrogens (tertiary/aromatic N) is 1. The summed E-state index contributed by atoms with van der Waals surface area (Å²) < 4.78 is 25.5. The minimum atomic E-state index is -0.261. The van der Waals surface area contributed by atoms with Crippen molar-refractivity contribution >= 4 is 32.4 Å². The molecule has 3 rings (SSSR count). The lowest BCUT2D eigenvalue weighted by Gasteiger charge is -2.15. The average molecular weight is 437 g/mol. The summed E-state index contributed by atoms with van der Waals surface area (Å²) in [6, 6.07) is 10.1. The van der Waals surface area contributed by atoms with E-state index in [0.717, 1.165) is 20.7 Å². The molecule has 3 aromatic rings. The van der Waals surface area contributed by atoms with Gasteiger partial charge in [0.05, 0.1) is 6.61 Å². The number of hydrogen-bond acceptors (Lipinski definition) is 5. The van der Waals surface area contributed by atoms with Gasteiger partial charge in [-0.1, -0.05) is 28.1 Å². The predicted octanol–water partition coefficient (Wildman–Crippen LogP) is 5.63. The average Bonchev–Trinajstić information content (AvgIpc) is 3.15. The number of ether oxygens (including phenoxy) is 2. The number of thiazole rings is 1. The normalized spacial score (nSPS) is 10.6. The Bertz CT molecular complexity index is 842. The molecular formula is C19H18BrFN2O2S. The first-order valence-electron chi connectivity index (χ1n) is 8.11. The molecule has 1 aromatic heterocycles. The van der Waals surface area contributed by atoms with Gasteiger partial charge in [-0.15, -0.1) is 11.3 Å². The van der Waals surface area contributed by atoms with E-state index < -0.39 is 0 Å². The Morgan fingerprint density at radius 3 is 2.62 bits per heavy atom. The second-order valence-corrected chi connectivity index (χ2v) is 7.18. The first kappa shape index (κ1) is 18.7. The molecular weight excluding hydrogens is 419 g/mol. The zero-order valence-corrected chi connectivity index (χ0v) is 16.6. The van der Waals surface area contributed by atoms with Gasteiger partial charge in [0.15, 0.2) is 16.6 Å². The molecule has 0 radical (unpaired) electrons. The summed E-state index contributed by atoms with van der Waals surface area (Å²) in [6.07, 6.45) is 1.76. The van der Waals surface area contributed by atoms with Gasteiger partial charge in [-0.3, -0.25) is 0 Å². The van der Waals surface area contributed by atoms with E-state index in [2.05, 4.69) is 26.2 Å². The number of rotatable bonds is 8. The van der Waals surface area contributed by atoms with E-state index in [0.29, 0.717) is 31.3 Å². The van der Waals surface area contributed by atoms with E-state index >= 15 is 0 Å². The predicted molar refractivity (Wildman–Crippen MR) is 105 cm³/mol. The van der Waals surface area contributed by atoms with E-state index in [1.807, 2.05) is 24.4 Å². The second kappa shape index (κ2) is 9.00. The van der Waals surface area contributed by atoms with Crippen LogP contribution in [0.15, 0.2) is 52.4 Å². The summed E-state index contributed by atoms with van der Waals surface area (Å²) >= 11 is 5.14. The number of benzene rings is 2. The van der Waals surface area contributed by atoms with Crippen molar-refractivity contribution < 1.29 is 13.9 Å². The van der Waals surface area contributed by atoms with Gasteiger partial charge in [-0.05, 0) is 42.3 Å². The van der Waals surface area contributed by atoms with E-state index in [4.69, 9.17) is 9.47 Å². The van der Waals surface area contributed by atoms with Gasteiger partial charge in [-0.2, -0.15) is 0 Å². The fourth-order valence-electron chi connectivity index (χ4n) is 2.32. The van der Waals surface area contributed by atoms with Gasteiger partial charge in [0.1, 0.15) is 12.4 Å². The van der Waals surface area contributed by atoms with Crippen molar-refractivity contribution in [2.75, 3.05) is 11.9 Å². The number of aromatic nitrogens is 1. The van der Waals surface area contributed by atoms with Gasteiger partial charge in [0.25, 0.3) is 0 Å². The highest BCUT2D eigenvalue weighted by Gasteiger charge is 2.12. The zero-order valence-electron chi connectivity index (χ0n) is 14.2. The van der Waals surface area contributed by atoms with Crippen LogP contribution in [-0.2, 0) is 13.2 Å². The molecule has 1 N–H and O–H groups in total. The molecule has 0 unspecified atom stereocenters. The van der Waals surface area contributed by atoms with Gasteiger partial charge in [0, 0.05) is 22.6 Å². The number of anilines is 1. The molecule has 0 spiro atoms. The second-order valence-electron chi connectivity index (χ2n) is 5.43. The molecule has 7 heteroatoms. The first-order chi connectivity index (χ1) is 12.7. The van der Waals surface area contributed by atoms with Crippen molar-refractivity contribution in [1.82, 2.24) is 4.98 Å². The molecule has 0 aliphatic rings. The summed E-state index contributed by atoms with van der Waals surface area (Å²) in [7, 11) is 0. The summed E-state index contributed by atoms with van der Waals surface area (Å²) in [6.45, 7) is 3.42. The summed E-state index contributed by atoms with van der Waals surface area (Å²) in [5, 5.41) is 6.07. The van der Waals surface area contributed by atoms with Crippen molar-refractivity contribution in [2.24, 2.45) is 0 Å². The van der Waals surface area contributed by atoms with Crippen LogP contribution in [0.3, 0.4) is 0 Å². The molecule has 0 amide bonds. The van der Waals surface area contributed by atoms with Crippen LogP contribution < -0.4 is 14.8 Å². The van der Waals surface area contributed by atoms with E-state index in [1.54, 1.807) is 29.7 Å². The van der Waals surface area contributed by atoms with Crippen LogP contribution in [0.4, 0.5) is 9.52 Å². The summed E-state index contributed by atoms with van der Waals surface area (Å²) in [4.78, 5) is 4.22. The quantitative estimate of drug-likeness (QED) is 0.496. The van der Waals surface area contributed by atoms with Crippen molar-refractivity contribution in [3.8, 4) is 11.5 Å². The molecule has 4 nitrogen and oxygen atoms in total. The Morgan fingerprint density at radius 2 is 1.92 bits per heavy atom. The third-order valence-electron chi connectivity index (χ3n) is 3.58. The van der Waals surface area contributed by atoms with E-state index in [-0.39, 0.29) is 5.82 Å². The van der Waals surface area contributed by atoms with Gasteiger partial charge in [-0.25, -0.2) is 9.37 Å². The van der Waals surface area contributed by atoms with Crippen LogP contribution in [0.5, 0.6) is 11.5 Å². The van der Waals surface area contributed by atoms with Crippen LogP contribution in [0.25, 0.3) is 0 Å². The van der Waals surface area contributed by atoms with Crippen molar-refractivity contribution in [2.45, 2.75) is 20.1 Å². The maximum Gasteiger partial charge on any atom is 0.182 e. The molecule has 1 heterocycles. The Labute approximate surface area is 164 Å². The topological polar surface area (TPSA) is 43.4 Å².